The molecular weight excluding hydrogens is 369 g/mol. The molecule has 0 aliphatic heterocycles. The van der Waals surface area contributed by atoms with Gasteiger partial charge in [-0.15, -0.1) is 11.3 Å². The van der Waals surface area contributed by atoms with Crippen molar-refractivity contribution in [2.24, 2.45) is 0 Å². The van der Waals surface area contributed by atoms with Crippen LogP contribution in [-0.4, -0.2) is 18.5 Å². The number of hydrogen-bond acceptors (Lipinski definition) is 4. The molecular formula is C17H15Cl2NO3S. The zero-order chi connectivity index (χ0) is 17.7. The predicted molar refractivity (Wildman–Crippen MR) is 98.9 cm³/mol. The van der Waals surface area contributed by atoms with Gasteiger partial charge in [0.25, 0.3) is 5.91 Å². The molecule has 7 heteroatoms. The number of ether oxygens (including phenoxy) is 1. The highest BCUT2D eigenvalue weighted by Crippen LogP contribution is 2.32. The maximum absolute atomic E-state index is 11.9. The number of rotatable bonds is 5. The van der Waals surface area contributed by atoms with E-state index in [-0.39, 0.29) is 0 Å². The molecule has 0 unspecified atom stereocenters. The standard InChI is InChI=1S/C17H15Cl2NO3S/c1-10-7-8-24-13(10)5-6-15(22)23-9-14(21)20-17-12(18)4-3-11(2)16(17)19/h3-8H,9H2,1-2H3,(H,20,21)/b6-5+. The second kappa shape index (κ2) is 8.33. The smallest absolute Gasteiger partial charge is 0.331 e. The molecule has 0 saturated carbocycles. The summed E-state index contributed by atoms with van der Waals surface area (Å²) >= 11 is 13.6. The van der Waals surface area contributed by atoms with Gasteiger partial charge in [-0.25, -0.2) is 4.79 Å². The lowest BCUT2D eigenvalue weighted by atomic mass is 10.2. The lowest BCUT2D eigenvalue weighted by Gasteiger charge is -2.11. The van der Waals surface area contributed by atoms with Crippen LogP contribution >= 0.6 is 34.5 Å². The summed E-state index contributed by atoms with van der Waals surface area (Å²) in [5.41, 5.74) is 2.16. The molecule has 1 N–H and O–H groups in total. The second-order valence-electron chi connectivity index (χ2n) is 5.01. The number of esters is 1. The summed E-state index contributed by atoms with van der Waals surface area (Å²) in [6, 6.07) is 5.34. The highest BCUT2D eigenvalue weighted by atomic mass is 35.5. The molecule has 0 fully saturated rings. The Balaban J connectivity index is 1.90. The Hall–Kier alpha value is -1.82. The van der Waals surface area contributed by atoms with Gasteiger partial charge in [0.15, 0.2) is 6.61 Å². The van der Waals surface area contributed by atoms with Crippen molar-refractivity contribution in [2.45, 2.75) is 13.8 Å². The molecule has 0 radical (unpaired) electrons. The Bertz CT molecular complexity index is 799. The third-order valence-corrected chi connectivity index (χ3v) is 4.95. The fourth-order valence-electron chi connectivity index (χ4n) is 1.83. The molecule has 1 heterocycles. The molecule has 2 aromatic rings. The normalized spacial score (nSPS) is 10.8. The molecule has 24 heavy (non-hydrogen) atoms. The third kappa shape index (κ3) is 4.84. The zero-order valence-electron chi connectivity index (χ0n) is 13.1. The molecule has 4 nitrogen and oxygen atoms in total. The van der Waals surface area contributed by atoms with Crippen molar-refractivity contribution < 1.29 is 14.3 Å². The summed E-state index contributed by atoms with van der Waals surface area (Å²) in [6.07, 6.45) is 2.95. The van der Waals surface area contributed by atoms with Crippen LogP contribution in [-0.2, 0) is 14.3 Å². The number of nitrogens with one attached hydrogen (secondary N) is 1. The van der Waals surface area contributed by atoms with Crippen molar-refractivity contribution in [1.82, 2.24) is 0 Å². The van der Waals surface area contributed by atoms with E-state index in [9.17, 15) is 9.59 Å². The maximum Gasteiger partial charge on any atom is 0.331 e. The number of hydrogen-bond donors (Lipinski definition) is 1. The Morgan fingerprint density at radius 1 is 1.21 bits per heavy atom. The van der Waals surface area contributed by atoms with Crippen LogP contribution in [0, 0.1) is 13.8 Å². The Morgan fingerprint density at radius 3 is 2.62 bits per heavy atom. The van der Waals surface area contributed by atoms with Gasteiger partial charge in [0, 0.05) is 11.0 Å². The van der Waals surface area contributed by atoms with E-state index in [1.807, 2.05) is 18.4 Å². The summed E-state index contributed by atoms with van der Waals surface area (Å²) in [4.78, 5) is 24.5. The fourth-order valence-corrected chi connectivity index (χ4v) is 3.11. The molecule has 0 aliphatic carbocycles. The van der Waals surface area contributed by atoms with Gasteiger partial charge in [0.1, 0.15) is 0 Å². The predicted octanol–water partition coefficient (Wildman–Crippen LogP) is 4.87. The number of aryl methyl sites for hydroxylation is 2. The van der Waals surface area contributed by atoms with Gasteiger partial charge in [0.2, 0.25) is 0 Å². The number of benzene rings is 1. The summed E-state index contributed by atoms with van der Waals surface area (Å²) in [5, 5.41) is 5.16. The fraction of sp³-hybridized carbons (Fsp3) is 0.176. The van der Waals surface area contributed by atoms with E-state index in [0.717, 1.165) is 16.0 Å². The first kappa shape index (κ1) is 18.5. The Kier molecular flexibility index (Phi) is 6.43. The van der Waals surface area contributed by atoms with E-state index in [1.54, 1.807) is 25.1 Å². The summed E-state index contributed by atoms with van der Waals surface area (Å²) in [6.45, 7) is 3.32. The van der Waals surface area contributed by atoms with Gasteiger partial charge < -0.3 is 10.1 Å². The van der Waals surface area contributed by atoms with Crippen molar-refractivity contribution in [3.8, 4) is 0 Å². The van der Waals surface area contributed by atoms with E-state index in [1.165, 1.54) is 17.4 Å². The number of amides is 1. The molecule has 0 atom stereocenters. The van der Waals surface area contributed by atoms with E-state index in [0.29, 0.717) is 15.7 Å². The molecule has 0 bridgehead atoms. The van der Waals surface area contributed by atoms with E-state index in [2.05, 4.69) is 5.32 Å². The van der Waals surface area contributed by atoms with Crippen molar-refractivity contribution in [1.29, 1.82) is 0 Å². The molecule has 0 saturated heterocycles. The van der Waals surface area contributed by atoms with Crippen LogP contribution in [0.1, 0.15) is 16.0 Å². The van der Waals surface area contributed by atoms with Crippen LogP contribution in [0.15, 0.2) is 29.7 Å². The average Bonchev–Trinajstić information content (AvgIpc) is 2.96. The SMILES string of the molecule is Cc1ccsc1/C=C/C(=O)OCC(=O)Nc1c(Cl)ccc(C)c1Cl. The maximum atomic E-state index is 11.9. The van der Waals surface area contributed by atoms with Gasteiger partial charge in [-0.3, -0.25) is 4.79 Å². The van der Waals surface area contributed by atoms with Crippen LogP contribution in [0.2, 0.25) is 10.0 Å². The number of carbonyl (C=O) groups excluding carboxylic acids is 2. The molecule has 1 aromatic carbocycles. The summed E-state index contributed by atoms with van der Waals surface area (Å²) < 4.78 is 4.90. The van der Waals surface area contributed by atoms with E-state index in [4.69, 9.17) is 27.9 Å². The minimum Gasteiger partial charge on any atom is -0.452 e. The zero-order valence-corrected chi connectivity index (χ0v) is 15.4. The minimum atomic E-state index is -0.598. The largest absolute Gasteiger partial charge is 0.452 e. The van der Waals surface area contributed by atoms with Crippen molar-refractivity contribution in [3.63, 3.8) is 0 Å². The average molecular weight is 384 g/mol. The van der Waals surface area contributed by atoms with Crippen LogP contribution in [0.4, 0.5) is 5.69 Å². The molecule has 1 aromatic heterocycles. The van der Waals surface area contributed by atoms with Crippen LogP contribution in [0.25, 0.3) is 6.08 Å². The van der Waals surface area contributed by atoms with E-state index < -0.39 is 18.5 Å². The number of carbonyl (C=O) groups is 2. The first-order valence-electron chi connectivity index (χ1n) is 7.02. The quantitative estimate of drug-likeness (QED) is 0.591. The van der Waals surface area contributed by atoms with Crippen molar-refractivity contribution in [2.75, 3.05) is 11.9 Å². The van der Waals surface area contributed by atoms with Gasteiger partial charge in [-0.1, -0.05) is 29.3 Å². The van der Waals surface area contributed by atoms with Crippen molar-refractivity contribution in [3.05, 3.63) is 55.7 Å². The monoisotopic (exact) mass is 383 g/mol. The van der Waals surface area contributed by atoms with Gasteiger partial charge >= 0.3 is 5.97 Å². The van der Waals surface area contributed by atoms with Crippen molar-refractivity contribution >= 4 is 58.2 Å². The molecule has 126 valence electrons. The lowest BCUT2D eigenvalue weighted by molar-refractivity contribution is -0.142. The molecule has 0 spiro atoms. The number of thiophene rings is 1. The molecule has 1 amide bonds. The molecule has 2 rings (SSSR count). The van der Waals surface area contributed by atoms with E-state index >= 15 is 0 Å². The van der Waals surface area contributed by atoms with Crippen LogP contribution in [0.5, 0.6) is 0 Å². The first-order chi connectivity index (χ1) is 11.4. The third-order valence-electron chi connectivity index (χ3n) is 3.17. The molecule has 0 aliphatic rings. The number of anilines is 1. The van der Waals surface area contributed by atoms with Gasteiger partial charge in [-0.2, -0.15) is 0 Å². The minimum absolute atomic E-state index is 0.309. The number of halogens is 2. The topological polar surface area (TPSA) is 55.4 Å². The highest BCUT2D eigenvalue weighted by Gasteiger charge is 2.13. The van der Waals surface area contributed by atoms with Crippen LogP contribution in [0.3, 0.4) is 0 Å². The second-order valence-corrected chi connectivity index (χ2v) is 6.74. The first-order valence-corrected chi connectivity index (χ1v) is 8.65. The summed E-state index contributed by atoms with van der Waals surface area (Å²) in [5.74, 6) is -1.11. The van der Waals surface area contributed by atoms with Gasteiger partial charge in [0.05, 0.1) is 15.7 Å². The lowest BCUT2D eigenvalue weighted by Crippen LogP contribution is -2.20. The Labute approximate surface area is 154 Å². The van der Waals surface area contributed by atoms with Gasteiger partial charge in [-0.05, 0) is 48.6 Å². The van der Waals surface area contributed by atoms with Crippen LogP contribution < -0.4 is 5.32 Å². The Morgan fingerprint density at radius 2 is 1.96 bits per heavy atom. The summed E-state index contributed by atoms with van der Waals surface area (Å²) in [7, 11) is 0. The highest BCUT2D eigenvalue weighted by molar-refractivity contribution is 7.11.